The molecule has 4 heterocycles. The van der Waals surface area contributed by atoms with Crippen LogP contribution in [0.3, 0.4) is 0 Å². The molecule has 35 heavy (non-hydrogen) atoms. The average Bonchev–Trinajstić information content (AvgIpc) is 2.89. The van der Waals surface area contributed by atoms with Crippen LogP contribution in [0.15, 0.2) is 73.6 Å². The Morgan fingerprint density at radius 1 is 1.00 bits per heavy atom. The van der Waals surface area contributed by atoms with E-state index in [2.05, 4.69) is 49.0 Å². The number of pyridine rings is 2. The topological polar surface area (TPSA) is 99.2 Å². The predicted molar refractivity (Wildman–Crippen MR) is 139 cm³/mol. The fourth-order valence-corrected chi connectivity index (χ4v) is 3.97. The van der Waals surface area contributed by atoms with Gasteiger partial charge in [-0.05, 0) is 49.5 Å². The Kier molecular flexibility index (Phi) is 6.32. The molecule has 1 aliphatic heterocycles. The lowest BCUT2D eigenvalue weighted by molar-refractivity contribution is -0.111. The van der Waals surface area contributed by atoms with Crippen LogP contribution in [0.25, 0.3) is 22.3 Å². The highest BCUT2D eigenvalue weighted by atomic mass is 16.1. The molecule has 0 spiro atoms. The molecule has 1 amide bonds. The Bertz CT molecular complexity index is 1360. The van der Waals surface area contributed by atoms with E-state index >= 15 is 0 Å². The van der Waals surface area contributed by atoms with Crippen LogP contribution in [0.2, 0.25) is 0 Å². The average molecular weight is 467 g/mol. The van der Waals surface area contributed by atoms with Crippen LogP contribution in [0, 0.1) is 0 Å². The van der Waals surface area contributed by atoms with Crippen LogP contribution in [-0.4, -0.2) is 64.0 Å². The molecule has 0 bridgehead atoms. The maximum atomic E-state index is 11.7. The number of piperazine rings is 1. The van der Waals surface area contributed by atoms with Gasteiger partial charge in [0.05, 0.1) is 17.4 Å². The van der Waals surface area contributed by atoms with Crippen LogP contribution < -0.4 is 15.5 Å². The molecular weight excluding hydrogens is 440 g/mol. The van der Waals surface area contributed by atoms with Crippen molar-refractivity contribution in [2.45, 2.75) is 0 Å². The van der Waals surface area contributed by atoms with Crippen LogP contribution in [0.1, 0.15) is 0 Å². The van der Waals surface area contributed by atoms with Crippen molar-refractivity contribution in [2.75, 3.05) is 48.8 Å². The minimum atomic E-state index is -0.275. The molecule has 1 saturated heterocycles. The Morgan fingerprint density at radius 3 is 2.63 bits per heavy atom. The standard InChI is InChI=1S/C26H26N8O/c1-3-23(35)29-19-7-4-6-18(16-19)24-25-21(8-5-11-27-25)31-26(32-24)30-20-9-10-22(28-17-20)34-14-12-33(2)13-15-34/h3-11,16-17H,1,12-15H2,2H3,(H,29,35)(H,30,31,32). The van der Waals surface area contributed by atoms with E-state index in [9.17, 15) is 4.79 Å². The number of benzene rings is 1. The number of carbonyl (C=O) groups excluding carboxylic acids is 1. The van der Waals surface area contributed by atoms with Gasteiger partial charge >= 0.3 is 0 Å². The third kappa shape index (κ3) is 5.10. The van der Waals surface area contributed by atoms with Crippen molar-refractivity contribution in [1.82, 2.24) is 24.8 Å². The maximum absolute atomic E-state index is 11.7. The summed E-state index contributed by atoms with van der Waals surface area (Å²) in [5, 5.41) is 6.06. The maximum Gasteiger partial charge on any atom is 0.247 e. The smallest absolute Gasteiger partial charge is 0.247 e. The predicted octanol–water partition coefficient (Wildman–Crippen LogP) is 3.71. The molecule has 4 aromatic rings. The Balaban J connectivity index is 1.44. The van der Waals surface area contributed by atoms with Crippen LogP contribution >= 0.6 is 0 Å². The van der Waals surface area contributed by atoms with Crippen LogP contribution in [0.5, 0.6) is 0 Å². The van der Waals surface area contributed by atoms with E-state index in [4.69, 9.17) is 4.98 Å². The second-order valence-electron chi connectivity index (χ2n) is 8.36. The van der Waals surface area contributed by atoms with Gasteiger partial charge in [-0.25, -0.2) is 15.0 Å². The number of fused-ring (bicyclic) bond motifs is 1. The van der Waals surface area contributed by atoms with E-state index in [1.54, 1.807) is 12.4 Å². The lowest BCUT2D eigenvalue weighted by Crippen LogP contribution is -2.44. The van der Waals surface area contributed by atoms with Gasteiger partial charge in [-0.1, -0.05) is 18.7 Å². The van der Waals surface area contributed by atoms with E-state index in [0.29, 0.717) is 28.4 Å². The summed E-state index contributed by atoms with van der Waals surface area (Å²) < 4.78 is 0. The first-order valence-corrected chi connectivity index (χ1v) is 11.4. The Morgan fingerprint density at radius 2 is 1.86 bits per heavy atom. The van der Waals surface area contributed by atoms with Crippen molar-refractivity contribution in [3.8, 4) is 11.3 Å². The summed E-state index contributed by atoms with van der Waals surface area (Å²) in [6.45, 7) is 7.49. The molecule has 9 nitrogen and oxygen atoms in total. The van der Waals surface area contributed by atoms with E-state index in [-0.39, 0.29) is 5.91 Å². The minimum absolute atomic E-state index is 0.275. The highest BCUT2D eigenvalue weighted by molar-refractivity contribution is 5.99. The number of hydrogen-bond acceptors (Lipinski definition) is 8. The number of hydrogen-bond donors (Lipinski definition) is 2. The normalized spacial score (nSPS) is 14.0. The monoisotopic (exact) mass is 466 g/mol. The first-order valence-electron chi connectivity index (χ1n) is 11.4. The fraction of sp³-hybridized carbons (Fsp3) is 0.192. The zero-order chi connectivity index (χ0) is 24.2. The van der Waals surface area contributed by atoms with Gasteiger partial charge in [-0.3, -0.25) is 9.78 Å². The van der Waals surface area contributed by atoms with Gasteiger partial charge in [0, 0.05) is 43.6 Å². The first kappa shape index (κ1) is 22.4. The summed E-state index contributed by atoms with van der Waals surface area (Å²) in [5.74, 6) is 1.13. The first-order chi connectivity index (χ1) is 17.1. The number of nitrogens with zero attached hydrogens (tertiary/aromatic N) is 6. The summed E-state index contributed by atoms with van der Waals surface area (Å²) in [6, 6.07) is 15.2. The van der Waals surface area contributed by atoms with Crippen molar-refractivity contribution < 1.29 is 4.79 Å². The van der Waals surface area contributed by atoms with Crippen molar-refractivity contribution in [3.05, 3.63) is 73.6 Å². The molecule has 0 aliphatic carbocycles. The molecule has 0 unspecified atom stereocenters. The number of rotatable bonds is 6. The van der Waals surface area contributed by atoms with Gasteiger partial charge in [0.2, 0.25) is 11.9 Å². The molecule has 0 saturated carbocycles. The lowest BCUT2D eigenvalue weighted by atomic mass is 10.1. The second kappa shape index (κ2) is 9.86. The molecule has 176 valence electrons. The molecular formula is C26H26N8O. The summed E-state index contributed by atoms with van der Waals surface area (Å²) in [6.07, 6.45) is 4.75. The van der Waals surface area contributed by atoms with Crippen molar-refractivity contribution >= 4 is 40.1 Å². The summed E-state index contributed by atoms with van der Waals surface area (Å²) >= 11 is 0. The van der Waals surface area contributed by atoms with Gasteiger partial charge in [0.25, 0.3) is 0 Å². The number of amides is 1. The lowest BCUT2D eigenvalue weighted by Gasteiger charge is -2.33. The van der Waals surface area contributed by atoms with Gasteiger partial charge < -0.3 is 20.4 Å². The molecule has 3 aromatic heterocycles. The van der Waals surface area contributed by atoms with Crippen molar-refractivity contribution in [1.29, 1.82) is 0 Å². The van der Waals surface area contributed by atoms with Crippen molar-refractivity contribution in [2.24, 2.45) is 0 Å². The Labute approximate surface area is 203 Å². The molecule has 9 heteroatoms. The van der Waals surface area contributed by atoms with Crippen LogP contribution in [-0.2, 0) is 4.79 Å². The van der Waals surface area contributed by atoms with Gasteiger partial charge in [0.15, 0.2) is 0 Å². The van der Waals surface area contributed by atoms with E-state index in [1.807, 2.05) is 48.5 Å². The van der Waals surface area contributed by atoms with E-state index in [0.717, 1.165) is 43.2 Å². The zero-order valence-corrected chi connectivity index (χ0v) is 19.5. The summed E-state index contributed by atoms with van der Waals surface area (Å²) in [5.41, 5.74) is 4.30. The fourth-order valence-electron chi connectivity index (χ4n) is 3.97. The second-order valence-corrected chi connectivity index (χ2v) is 8.36. The van der Waals surface area contributed by atoms with Crippen molar-refractivity contribution in [3.63, 3.8) is 0 Å². The third-order valence-corrected chi connectivity index (χ3v) is 5.87. The number of nitrogens with one attached hydrogen (secondary N) is 2. The number of likely N-dealkylation sites (N-methyl/N-ethyl adjacent to an activating group) is 1. The summed E-state index contributed by atoms with van der Waals surface area (Å²) in [4.78, 5) is 34.9. The number of carbonyl (C=O) groups is 1. The highest BCUT2D eigenvalue weighted by Crippen LogP contribution is 2.28. The number of aromatic nitrogens is 4. The molecule has 0 atom stereocenters. The zero-order valence-electron chi connectivity index (χ0n) is 19.5. The SMILES string of the molecule is C=CC(=O)Nc1cccc(-c2nc(Nc3ccc(N4CCN(C)CC4)nc3)nc3cccnc23)c1. The summed E-state index contributed by atoms with van der Waals surface area (Å²) in [7, 11) is 2.14. The van der Waals surface area contributed by atoms with Crippen LogP contribution in [0.4, 0.5) is 23.1 Å². The molecule has 0 radical (unpaired) electrons. The largest absolute Gasteiger partial charge is 0.354 e. The quantitative estimate of drug-likeness (QED) is 0.415. The van der Waals surface area contributed by atoms with Gasteiger partial charge in [0.1, 0.15) is 17.0 Å². The number of anilines is 4. The van der Waals surface area contributed by atoms with E-state index < -0.39 is 0 Å². The molecule has 2 N–H and O–H groups in total. The van der Waals surface area contributed by atoms with Gasteiger partial charge in [-0.2, -0.15) is 0 Å². The van der Waals surface area contributed by atoms with E-state index in [1.165, 1.54) is 6.08 Å². The molecule has 1 aliphatic rings. The molecule has 1 aromatic carbocycles. The minimum Gasteiger partial charge on any atom is -0.354 e. The molecule has 5 rings (SSSR count). The highest BCUT2D eigenvalue weighted by Gasteiger charge is 2.16. The molecule has 1 fully saturated rings. The van der Waals surface area contributed by atoms with Gasteiger partial charge in [-0.15, -0.1) is 0 Å². The Hall–Kier alpha value is -4.37. The third-order valence-electron chi connectivity index (χ3n) is 5.87.